The van der Waals surface area contributed by atoms with Gasteiger partial charge in [-0.2, -0.15) is 0 Å². The highest BCUT2D eigenvalue weighted by molar-refractivity contribution is 7.53. The van der Waals surface area contributed by atoms with Gasteiger partial charge in [-0.05, 0) is 37.1 Å². The number of hydrogen-bond acceptors (Lipinski definition) is 9. The average molecular weight is 660 g/mol. The number of nitrogens with two attached hydrogens (primary N) is 2. The van der Waals surface area contributed by atoms with E-state index in [9.17, 15) is 14.3 Å². The fourth-order valence-corrected chi connectivity index (χ4v) is 6.25. The summed E-state index contributed by atoms with van der Waals surface area (Å²) < 4.78 is 25.0. The first-order valence-electron chi connectivity index (χ1n) is 16.9. The zero-order chi connectivity index (χ0) is 33.0. The van der Waals surface area contributed by atoms with E-state index in [4.69, 9.17) is 20.7 Å². The molecule has 1 aromatic carbocycles. The van der Waals surface area contributed by atoms with E-state index in [1.165, 1.54) is 83.4 Å². The van der Waals surface area contributed by atoms with Crippen molar-refractivity contribution in [3.05, 3.63) is 42.5 Å². The molecule has 0 aliphatic rings. The SMILES string of the molecule is CCCCCCCCCCCCCCCCN[C@@H](Cc1ccc(OP(=O)(O)COCCn2cnc3c(N)ncnc32)cc1)C(N)=O. The molecule has 6 N–H and O–H groups in total. The number of nitrogens with one attached hydrogen (secondary N) is 1. The highest BCUT2D eigenvalue weighted by Gasteiger charge is 2.22. The summed E-state index contributed by atoms with van der Waals surface area (Å²) in [5.41, 5.74) is 13.4. The van der Waals surface area contributed by atoms with Gasteiger partial charge < -0.3 is 35.5 Å². The minimum Gasteiger partial charge on any atom is -0.423 e. The first-order chi connectivity index (χ1) is 22.3. The Bertz CT molecular complexity index is 1340. The Morgan fingerprint density at radius 3 is 2.15 bits per heavy atom. The minimum absolute atomic E-state index is 0.142. The molecule has 0 bridgehead atoms. The fourth-order valence-electron chi connectivity index (χ4n) is 5.39. The fraction of sp³-hybridized carbons (Fsp3) is 0.636. The van der Waals surface area contributed by atoms with Gasteiger partial charge in [-0.15, -0.1) is 0 Å². The summed E-state index contributed by atoms with van der Waals surface area (Å²) in [5.74, 6) is 0.116. The highest BCUT2D eigenvalue weighted by Crippen LogP contribution is 2.42. The zero-order valence-corrected chi connectivity index (χ0v) is 28.3. The van der Waals surface area contributed by atoms with E-state index < -0.39 is 25.9 Å². The van der Waals surface area contributed by atoms with Crippen LogP contribution in [0.3, 0.4) is 0 Å². The van der Waals surface area contributed by atoms with Crippen molar-refractivity contribution in [1.29, 1.82) is 0 Å². The Labute approximate surface area is 273 Å². The number of fused-ring (bicyclic) bond motifs is 1. The van der Waals surface area contributed by atoms with Crippen molar-refractivity contribution in [2.45, 2.75) is 116 Å². The highest BCUT2D eigenvalue weighted by atomic mass is 31.2. The Balaban J connectivity index is 1.26. The summed E-state index contributed by atoms with van der Waals surface area (Å²) in [6.45, 7) is 3.50. The van der Waals surface area contributed by atoms with Crippen molar-refractivity contribution in [2.75, 3.05) is 25.2 Å². The van der Waals surface area contributed by atoms with Crippen molar-refractivity contribution >= 4 is 30.5 Å². The number of carbonyl (C=O) groups excluding carboxylic acids is 1. The molecular weight excluding hydrogens is 605 g/mol. The lowest BCUT2D eigenvalue weighted by Gasteiger charge is -2.17. The lowest BCUT2D eigenvalue weighted by molar-refractivity contribution is -0.120. The molecule has 1 unspecified atom stereocenters. The number of ether oxygens (including phenoxy) is 1. The average Bonchev–Trinajstić information content (AvgIpc) is 3.45. The molecule has 2 heterocycles. The number of aromatic nitrogens is 4. The van der Waals surface area contributed by atoms with Gasteiger partial charge in [0, 0.05) is 6.54 Å². The van der Waals surface area contributed by atoms with Crippen molar-refractivity contribution in [2.24, 2.45) is 5.73 Å². The molecule has 3 rings (SSSR count). The van der Waals surface area contributed by atoms with Crippen molar-refractivity contribution < 1.29 is 23.5 Å². The Hall–Kier alpha value is -3.05. The monoisotopic (exact) mass is 659 g/mol. The summed E-state index contributed by atoms with van der Waals surface area (Å²) in [6.07, 6.45) is 21.1. The molecule has 0 spiro atoms. The Morgan fingerprint density at radius 2 is 1.54 bits per heavy atom. The first kappa shape index (κ1) is 37.4. The van der Waals surface area contributed by atoms with Gasteiger partial charge in [0.2, 0.25) is 5.91 Å². The zero-order valence-electron chi connectivity index (χ0n) is 27.4. The molecule has 46 heavy (non-hydrogen) atoms. The maximum Gasteiger partial charge on any atom is 0.402 e. The number of unbranched alkanes of at least 4 members (excludes halogenated alkanes) is 13. The third kappa shape index (κ3) is 14.2. The van der Waals surface area contributed by atoms with Crippen LogP contribution in [0.5, 0.6) is 5.75 Å². The van der Waals surface area contributed by atoms with Crippen LogP contribution in [0.25, 0.3) is 11.2 Å². The minimum atomic E-state index is -4.05. The van der Waals surface area contributed by atoms with E-state index in [-0.39, 0.29) is 18.2 Å². The Kier molecular flexibility index (Phi) is 17.0. The molecular formula is C33H54N7O5P. The van der Waals surface area contributed by atoms with Crippen LogP contribution in [-0.4, -0.2) is 55.9 Å². The molecule has 3 aromatic rings. The second-order valence-electron chi connectivity index (χ2n) is 12.0. The summed E-state index contributed by atoms with van der Waals surface area (Å²) in [4.78, 5) is 34.6. The number of hydrogen-bond donors (Lipinski definition) is 4. The van der Waals surface area contributed by atoms with Crippen LogP contribution in [0.4, 0.5) is 5.82 Å². The van der Waals surface area contributed by atoms with Gasteiger partial charge in [0.05, 0.1) is 19.0 Å². The number of carbonyl (C=O) groups is 1. The molecule has 0 aliphatic heterocycles. The van der Waals surface area contributed by atoms with Gasteiger partial charge in [0.15, 0.2) is 17.8 Å². The molecule has 12 nitrogen and oxygen atoms in total. The Morgan fingerprint density at radius 1 is 0.935 bits per heavy atom. The van der Waals surface area contributed by atoms with Crippen LogP contribution in [0, 0.1) is 0 Å². The predicted molar refractivity (Wildman–Crippen MR) is 182 cm³/mol. The molecule has 2 aromatic heterocycles. The lowest BCUT2D eigenvalue weighted by atomic mass is 10.0. The second kappa shape index (κ2) is 20.9. The number of imidazole rings is 1. The number of amides is 1. The van der Waals surface area contributed by atoms with E-state index in [0.29, 0.717) is 24.1 Å². The van der Waals surface area contributed by atoms with Crippen LogP contribution in [0.1, 0.15) is 102 Å². The number of anilines is 1. The molecule has 0 saturated heterocycles. The van der Waals surface area contributed by atoms with E-state index in [2.05, 4.69) is 27.2 Å². The lowest BCUT2D eigenvalue weighted by Crippen LogP contribution is -2.43. The largest absolute Gasteiger partial charge is 0.423 e. The third-order valence-corrected chi connectivity index (χ3v) is 9.04. The maximum atomic E-state index is 12.6. The van der Waals surface area contributed by atoms with Gasteiger partial charge >= 0.3 is 7.60 Å². The van der Waals surface area contributed by atoms with E-state index in [1.807, 2.05) is 0 Å². The molecule has 0 radical (unpaired) electrons. The van der Waals surface area contributed by atoms with Crippen molar-refractivity contribution in [1.82, 2.24) is 24.8 Å². The molecule has 1 amide bonds. The van der Waals surface area contributed by atoms with E-state index >= 15 is 0 Å². The van der Waals surface area contributed by atoms with Crippen LogP contribution in [0.15, 0.2) is 36.9 Å². The van der Waals surface area contributed by atoms with Crippen LogP contribution >= 0.6 is 7.60 Å². The quantitative estimate of drug-likeness (QED) is 0.0580. The molecule has 13 heteroatoms. The van der Waals surface area contributed by atoms with Gasteiger partial charge in [-0.1, -0.05) is 103 Å². The number of benzene rings is 1. The summed E-state index contributed by atoms with van der Waals surface area (Å²) >= 11 is 0. The van der Waals surface area contributed by atoms with Gasteiger partial charge in [0.25, 0.3) is 0 Å². The van der Waals surface area contributed by atoms with Crippen LogP contribution in [0.2, 0.25) is 0 Å². The van der Waals surface area contributed by atoms with Crippen LogP contribution < -0.4 is 21.3 Å². The molecule has 0 fully saturated rings. The van der Waals surface area contributed by atoms with Crippen LogP contribution in [-0.2, 0) is 27.1 Å². The molecule has 2 atom stereocenters. The third-order valence-electron chi connectivity index (χ3n) is 8.04. The topological polar surface area (TPSA) is 180 Å². The molecule has 0 saturated carbocycles. The summed E-state index contributed by atoms with van der Waals surface area (Å²) in [5, 5.41) is 3.29. The normalized spacial score (nSPS) is 13.5. The van der Waals surface area contributed by atoms with Gasteiger partial charge in [0.1, 0.15) is 17.6 Å². The number of nitrogen functional groups attached to an aromatic ring is 1. The number of primary amides is 1. The summed E-state index contributed by atoms with van der Waals surface area (Å²) in [6, 6.07) is 6.24. The predicted octanol–water partition coefficient (Wildman–Crippen LogP) is 6.11. The molecule has 256 valence electrons. The smallest absolute Gasteiger partial charge is 0.402 e. The number of nitrogens with zero attached hydrogens (tertiary/aromatic N) is 4. The standard InChI is InChI=1S/C33H54N7O5P/c1-2-3-4-5-6-7-8-9-10-11-12-13-14-15-20-36-29(32(35)41)23-27-16-18-28(19-17-27)45-46(42,43)26-44-22-21-40-25-39-30-31(34)37-24-38-33(30)40/h16-19,24-25,29,36H,2-15,20-23,26H2,1H3,(H2,35,41)(H,42,43)(H2,34,37,38)/t29-/m0/s1. The van der Waals surface area contributed by atoms with E-state index in [1.54, 1.807) is 35.2 Å². The van der Waals surface area contributed by atoms with Crippen molar-refractivity contribution in [3.8, 4) is 5.75 Å². The van der Waals surface area contributed by atoms with Crippen molar-refractivity contribution in [3.63, 3.8) is 0 Å². The first-order valence-corrected chi connectivity index (χ1v) is 18.7. The number of rotatable bonds is 26. The van der Waals surface area contributed by atoms with Gasteiger partial charge in [-0.3, -0.25) is 4.79 Å². The van der Waals surface area contributed by atoms with E-state index in [0.717, 1.165) is 24.9 Å². The van der Waals surface area contributed by atoms with Gasteiger partial charge in [-0.25, -0.2) is 19.5 Å². The molecule has 0 aliphatic carbocycles. The second-order valence-corrected chi connectivity index (χ2v) is 13.7. The maximum absolute atomic E-state index is 12.6. The summed E-state index contributed by atoms with van der Waals surface area (Å²) in [7, 11) is -4.05.